The van der Waals surface area contributed by atoms with Crippen LogP contribution in [-0.2, 0) is 25.5 Å². The number of alkyl halides is 2. The van der Waals surface area contributed by atoms with Crippen LogP contribution in [0.5, 0.6) is 0 Å². The van der Waals surface area contributed by atoms with Crippen LogP contribution in [0.25, 0.3) is 0 Å². The highest BCUT2D eigenvalue weighted by atomic mass is 35.5. The lowest BCUT2D eigenvalue weighted by Gasteiger charge is -2.40. The highest BCUT2D eigenvalue weighted by molar-refractivity contribution is 7.89. The first-order valence-electron chi connectivity index (χ1n) is 14.7. The van der Waals surface area contributed by atoms with Crippen LogP contribution in [0.3, 0.4) is 0 Å². The summed E-state index contributed by atoms with van der Waals surface area (Å²) in [5.74, 6) is -4.59. The fourth-order valence-corrected chi connectivity index (χ4v) is 8.22. The van der Waals surface area contributed by atoms with Crippen molar-refractivity contribution in [1.82, 2.24) is 9.29 Å². The van der Waals surface area contributed by atoms with Gasteiger partial charge in [0.15, 0.2) is 0 Å². The van der Waals surface area contributed by atoms with Gasteiger partial charge >= 0.3 is 0 Å². The summed E-state index contributed by atoms with van der Waals surface area (Å²) < 4.78 is 59.7. The van der Waals surface area contributed by atoms with Crippen LogP contribution in [-0.4, -0.2) is 74.8 Å². The highest BCUT2D eigenvalue weighted by Crippen LogP contribution is 2.50. The molecule has 2 amide bonds. The van der Waals surface area contributed by atoms with E-state index in [1.54, 1.807) is 21.9 Å². The maximum Gasteiger partial charge on any atom is 0.276 e. The van der Waals surface area contributed by atoms with Crippen molar-refractivity contribution in [2.75, 3.05) is 49.1 Å². The lowest BCUT2D eigenvalue weighted by Crippen LogP contribution is -2.49. The van der Waals surface area contributed by atoms with E-state index in [1.807, 2.05) is 0 Å². The predicted molar refractivity (Wildman–Crippen MR) is 163 cm³/mol. The Morgan fingerprint density at radius 2 is 1.73 bits per heavy atom. The maximum atomic E-state index is 15.8. The Labute approximate surface area is 260 Å². The molecule has 6 N–H and O–H groups in total. The number of nitrogens with zero attached hydrogens (tertiary/aromatic N) is 4. The van der Waals surface area contributed by atoms with Gasteiger partial charge < -0.3 is 27.0 Å². The smallest absolute Gasteiger partial charge is 0.276 e. The van der Waals surface area contributed by atoms with Gasteiger partial charge in [0.25, 0.3) is 5.92 Å². The van der Waals surface area contributed by atoms with Gasteiger partial charge in [-0.05, 0) is 75.0 Å². The van der Waals surface area contributed by atoms with Gasteiger partial charge in [0.1, 0.15) is 11.0 Å². The Balaban J connectivity index is 1.25. The Bertz CT molecular complexity index is 1500. The molecule has 5 rings (SSSR count). The second-order valence-electron chi connectivity index (χ2n) is 12.0. The minimum atomic E-state index is -3.83. The molecule has 11 nitrogen and oxygen atoms in total. The van der Waals surface area contributed by atoms with Crippen LogP contribution in [0.15, 0.2) is 41.3 Å². The number of rotatable bonds is 9. The van der Waals surface area contributed by atoms with E-state index in [0.29, 0.717) is 18.7 Å². The lowest BCUT2D eigenvalue weighted by molar-refractivity contribution is -0.135. The highest BCUT2D eigenvalue weighted by Gasteiger charge is 2.48. The van der Waals surface area contributed by atoms with Gasteiger partial charge in [-0.15, -0.1) is 0 Å². The Kier molecular flexibility index (Phi) is 9.21. The summed E-state index contributed by atoms with van der Waals surface area (Å²) >= 11 is 6.22. The molecule has 2 aliphatic heterocycles. The number of piperazine rings is 1. The molecule has 1 saturated carbocycles. The number of nitrogens with two attached hydrogens (primary N) is 3. The summed E-state index contributed by atoms with van der Waals surface area (Å²) in [6.45, 7) is 1.30. The normalized spacial score (nSPS) is 25.4. The van der Waals surface area contributed by atoms with Crippen molar-refractivity contribution >= 4 is 44.9 Å². The van der Waals surface area contributed by atoms with E-state index < -0.39 is 33.2 Å². The van der Waals surface area contributed by atoms with Crippen LogP contribution in [0.4, 0.5) is 20.3 Å². The molecule has 0 spiro atoms. The van der Waals surface area contributed by atoms with Gasteiger partial charge in [-0.1, -0.05) is 11.6 Å². The summed E-state index contributed by atoms with van der Waals surface area (Å²) in [4.78, 5) is 31.9. The number of carbonyl (C=O) groups is 2. The number of halogens is 3. The zero-order chi connectivity index (χ0) is 31.9. The first kappa shape index (κ1) is 32.5. The summed E-state index contributed by atoms with van der Waals surface area (Å²) in [6, 6.07) is 8.34. The summed E-state index contributed by atoms with van der Waals surface area (Å²) in [6.07, 6.45) is 1.34. The van der Waals surface area contributed by atoms with Gasteiger partial charge in [-0.25, -0.2) is 22.2 Å². The topological polar surface area (TPSA) is 169 Å². The Hall–Kier alpha value is -2.91. The molecule has 44 heavy (non-hydrogen) atoms. The van der Waals surface area contributed by atoms with E-state index in [4.69, 9.17) is 28.8 Å². The average Bonchev–Trinajstić information content (AvgIpc) is 3.34. The minimum Gasteiger partial charge on any atom is -0.369 e. The molecule has 3 aliphatic rings. The van der Waals surface area contributed by atoms with Gasteiger partial charge in [0.05, 0.1) is 10.3 Å². The number of anilines is 2. The fraction of sp³-hybridized carbons (Fsp3) is 0.552. The van der Waals surface area contributed by atoms with Crippen LogP contribution in [0.2, 0.25) is 5.15 Å². The van der Waals surface area contributed by atoms with Crippen LogP contribution in [0.1, 0.15) is 44.1 Å². The quantitative estimate of drug-likeness (QED) is 0.347. The molecule has 0 unspecified atom stereocenters. The molecular weight excluding hydrogens is 616 g/mol. The minimum absolute atomic E-state index is 0.0878. The predicted octanol–water partition coefficient (Wildman–Crippen LogP) is 2.41. The van der Waals surface area contributed by atoms with Crippen molar-refractivity contribution < 1.29 is 26.8 Å². The zero-order valence-electron chi connectivity index (χ0n) is 24.3. The largest absolute Gasteiger partial charge is 0.369 e. The van der Waals surface area contributed by atoms with Crippen LogP contribution < -0.4 is 27.0 Å². The SMILES string of the molecule is NCCC1(C(N)=O)CCC(C(F)(F)c2cc(Cl)nc(N3CCN(S(=O)(=O)c4ccc(N5C[C@H](N)CC5=O)cc4)CC3)c2)CC1. The van der Waals surface area contributed by atoms with Gasteiger partial charge in [0.2, 0.25) is 21.8 Å². The van der Waals surface area contributed by atoms with Crippen molar-refractivity contribution in [2.45, 2.75) is 55.4 Å². The van der Waals surface area contributed by atoms with Crippen molar-refractivity contribution in [3.63, 3.8) is 0 Å². The zero-order valence-corrected chi connectivity index (χ0v) is 25.9. The molecule has 1 aromatic heterocycles. The first-order valence-corrected chi connectivity index (χ1v) is 16.6. The molecule has 2 saturated heterocycles. The molecule has 3 heterocycles. The third-order valence-corrected chi connectivity index (χ3v) is 11.4. The van der Waals surface area contributed by atoms with Gasteiger partial charge in [0, 0.05) is 62.4 Å². The molecule has 15 heteroatoms. The van der Waals surface area contributed by atoms with Crippen molar-refractivity contribution in [2.24, 2.45) is 28.5 Å². The standard InChI is InChI=1S/C29H38ClF2N7O4S/c30-24-15-20(29(31,32)19-5-7-28(8-6-19,9-10-33)27(35)41)16-25(36-24)37-11-13-38(14-12-37)44(42,43)23-3-1-22(2-4-23)39-18-21(34)17-26(39)40/h1-4,15-16,19,21H,5-14,17-18,33-34H2,(H2,35,41)/t19?,21-,28?/m1/s1. The number of hydrogen-bond donors (Lipinski definition) is 3. The van der Waals surface area contributed by atoms with Crippen LogP contribution in [0, 0.1) is 11.3 Å². The summed E-state index contributed by atoms with van der Waals surface area (Å²) in [5.41, 5.74) is 16.6. The third-order valence-electron chi connectivity index (χ3n) is 9.27. The van der Waals surface area contributed by atoms with Crippen molar-refractivity contribution in [3.8, 4) is 0 Å². The molecule has 0 bridgehead atoms. The average molecular weight is 654 g/mol. The molecular formula is C29H38ClF2N7O4S. The second-order valence-corrected chi connectivity index (χ2v) is 14.3. The van der Waals surface area contributed by atoms with E-state index in [9.17, 15) is 18.0 Å². The molecule has 1 atom stereocenters. The number of pyridine rings is 1. The molecule has 1 aliphatic carbocycles. The van der Waals surface area contributed by atoms with Crippen LogP contribution >= 0.6 is 11.6 Å². The van der Waals surface area contributed by atoms with E-state index in [0.717, 1.165) is 6.07 Å². The monoisotopic (exact) mass is 653 g/mol. The number of hydrogen-bond acceptors (Lipinski definition) is 8. The third kappa shape index (κ3) is 6.27. The second kappa shape index (κ2) is 12.5. The summed E-state index contributed by atoms with van der Waals surface area (Å²) in [7, 11) is -3.83. The summed E-state index contributed by atoms with van der Waals surface area (Å²) in [5, 5.41) is -0.0878. The molecule has 0 radical (unpaired) electrons. The van der Waals surface area contributed by atoms with E-state index >= 15 is 8.78 Å². The molecule has 3 fully saturated rings. The van der Waals surface area contributed by atoms with E-state index in [-0.39, 0.29) is 98.2 Å². The van der Waals surface area contributed by atoms with E-state index in [1.165, 1.54) is 22.5 Å². The number of benzene rings is 1. The maximum absolute atomic E-state index is 15.8. The lowest BCUT2D eigenvalue weighted by atomic mass is 9.66. The Morgan fingerprint density at radius 1 is 1.09 bits per heavy atom. The molecule has 1 aromatic carbocycles. The number of amides is 2. The number of primary amides is 1. The fourth-order valence-electron chi connectivity index (χ4n) is 6.59. The van der Waals surface area contributed by atoms with Crippen molar-refractivity contribution in [3.05, 3.63) is 47.1 Å². The number of aromatic nitrogens is 1. The molecule has 240 valence electrons. The molecule has 2 aromatic rings. The number of sulfonamides is 1. The number of carbonyl (C=O) groups excluding carboxylic acids is 2. The van der Waals surface area contributed by atoms with Crippen molar-refractivity contribution in [1.29, 1.82) is 0 Å². The van der Waals surface area contributed by atoms with Gasteiger partial charge in [-0.2, -0.15) is 4.31 Å². The Morgan fingerprint density at radius 3 is 2.27 bits per heavy atom. The van der Waals surface area contributed by atoms with E-state index in [2.05, 4.69) is 4.98 Å². The van der Waals surface area contributed by atoms with Gasteiger partial charge in [-0.3, -0.25) is 9.59 Å². The first-order chi connectivity index (χ1) is 20.8.